The van der Waals surface area contributed by atoms with E-state index in [9.17, 15) is 9.18 Å². The molecule has 21 heavy (non-hydrogen) atoms. The number of benzene rings is 3. The van der Waals surface area contributed by atoms with Gasteiger partial charge in [-0.1, -0.05) is 58.4 Å². The molecule has 0 amide bonds. The van der Waals surface area contributed by atoms with Crippen molar-refractivity contribution in [3.8, 4) is 0 Å². The highest BCUT2D eigenvalue weighted by Gasteiger charge is 2.11. The van der Waals surface area contributed by atoms with E-state index in [0.717, 1.165) is 10.8 Å². The van der Waals surface area contributed by atoms with E-state index < -0.39 is 0 Å². The normalized spacial score (nSPS) is 10.8. The first-order valence-electron chi connectivity index (χ1n) is 6.59. The van der Waals surface area contributed by atoms with Crippen molar-refractivity contribution in [2.24, 2.45) is 0 Å². The SMILES string of the molecule is O=C(Cc1ccc(Br)cc1F)c1ccc2ccccc2c1. The van der Waals surface area contributed by atoms with Crippen molar-refractivity contribution in [3.05, 3.63) is 82.1 Å². The predicted molar refractivity (Wildman–Crippen MR) is 86.1 cm³/mol. The Balaban J connectivity index is 1.89. The minimum absolute atomic E-state index is 0.0669. The van der Waals surface area contributed by atoms with Gasteiger partial charge in [-0.15, -0.1) is 0 Å². The van der Waals surface area contributed by atoms with Crippen LogP contribution in [0.4, 0.5) is 4.39 Å². The largest absolute Gasteiger partial charge is 0.294 e. The zero-order chi connectivity index (χ0) is 14.8. The molecule has 0 saturated carbocycles. The molecule has 0 aromatic heterocycles. The van der Waals surface area contributed by atoms with Crippen LogP contribution in [0.15, 0.2) is 65.1 Å². The van der Waals surface area contributed by atoms with Crippen LogP contribution >= 0.6 is 15.9 Å². The van der Waals surface area contributed by atoms with Crippen molar-refractivity contribution in [1.29, 1.82) is 0 Å². The van der Waals surface area contributed by atoms with Crippen LogP contribution in [0.2, 0.25) is 0 Å². The van der Waals surface area contributed by atoms with Crippen LogP contribution in [-0.2, 0) is 6.42 Å². The Hall–Kier alpha value is -2.00. The minimum atomic E-state index is -0.362. The molecule has 0 aliphatic heterocycles. The molecule has 3 rings (SSSR count). The maximum Gasteiger partial charge on any atom is 0.167 e. The number of carbonyl (C=O) groups is 1. The Bertz CT molecular complexity index is 826. The van der Waals surface area contributed by atoms with Gasteiger partial charge in [-0.05, 0) is 34.5 Å². The van der Waals surface area contributed by atoms with Crippen molar-refractivity contribution in [1.82, 2.24) is 0 Å². The van der Waals surface area contributed by atoms with Gasteiger partial charge in [0.2, 0.25) is 0 Å². The van der Waals surface area contributed by atoms with Gasteiger partial charge in [0.1, 0.15) is 5.82 Å². The van der Waals surface area contributed by atoms with Gasteiger partial charge in [-0.25, -0.2) is 4.39 Å². The summed E-state index contributed by atoms with van der Waals surface area (Å²) in [6.07, 6.45) is 0.0669. The number of hydrogen-bond donors (Lipinski definition) is 0. The van der Waals surface area contributed by atoms with Gasteiger partial charge < -0.3 is 0 Å². The van der Waals surface area contributed by atoms with E-state index in [1.165, 1.54) is 6.07 Å². The van der Waals surface area contributed by atoms with Crippen molar-refractivity contribution in [2.75, 3.05) is 0 Å². The zero-order valence-corrected chi connectivity index (χ0v) is 12.7. The first-order chi connectivity index (χ1) is 10.1. The molecule has 0 fully saturated rings. The Morgan fingerprint density at radius 1 is 0.952 bits per heavy atom. The van der Waals surface area contributed by atoms with Crippen molar-refractivity contribution in [2.45, 2.75) is 6.42 Å². The summed E-state index contributed by atoms with van der Waals surface area (Å²) in [4.78, 5) is 12.3. The summed E-state index contributed by atoms with van der Waals surface area (Å²) in [6, 6.07) is 18.2. The average Bonchev–Trinajstić information content (AvgIpc) is 2.49. The van der Waals surface area contributed by atoms with Gasteiger partial charge in [-0.2, -0.15) is 0 Å². The van der Waals surface area contributed by atoms with E-state index in [-0.39, 0.29) is 18.0 Å². The highest BCUT2D eigenvalue weighted by atomic mass is 79.9. The number of ketones is 1. The molecule has 0 unspecified atom stereocenters. The summed E-state index contributed by atoms with van der Waals surface area (Å²) < 4.78 is 14.5. The van der Waals surface area contributed by atoms with Crippen LogP contribution in [0.3, 0.4) is 0 Å². The molecule has 3 aromatic rings. The van der Waals surface area contributed by atoms with Gasteiger partial charge in [0, 0.05) is 16.5 Å². The summed E-state index contributed by atoms with van der Waals surface area (Å²) >= 11 is 3.21. The fourth-order valence-electron chi connectivity index (χ4n) is 2.30. The fourth-order valence-corrected chi connectivity index (χ4v) is 2.64. The molecule has 0 radical (unpaired) electrons. The summed E-state index contributed by atoms with van der Waals surface area (Å²) in [6.45, 7) is 0. The maximum atomic E-state index is 13.8. The smallest absolute Gasteiger partial charge is 0.167 e. The molecule has 0 aliphatic carbocycles. The molecule has 0 saturated heterocycles. The molecule has 0 N–H and O–H groups in total. The third-order valence-electron chi connectivity index (χ3n) is 3.44. The van der Waals surface area contributed by atoms with Crippen molar-refractivity contribution in [3.63, 3.8) is 0 Å². The number of rotatable bonds is 3. The van der Waals surface area contributed by atoms with Gasteiger partial charge in [-0.3, -0.25) is 4.79 Å². The summed E-state index contributed by atoms with van der Waals surface area (Å²) in [5, 5.41) is 2.10. The fraction of sp³-hybridized carbons (Fsp3) is 0.0556. The molecule has 3 aromatic carbocycles. The molecule has 0 aliphatic rings. The standard InChI is InChI=1S/C18H12BrFO/c19-16-8-7-14(17(20)11-16)10-18(21)15-6-5-12-3-1-2-4-13(12)9-15/h1-9,11H,10H2. The second kappa shape index (κ2) is 5.78. The molecule has 0 heterocycles. The maximum absolute atomic E-state index is 13.8. The Labute approximate surface area is 130 Å². The number of halogens is 2. The lowest BCUT2D eigenvalue weighted by Crippen LogP contribution is -2.05. The Morgan fingerprint density at radius 2 is 1.71 bits per heavy atom. The lowest BCUT2D eigenvalue weighted by Gasteiger charge is -2.05. The number of Topliss-reactive ketones (excluding diaryl/α,β-unsaturated/α-hetero) is 1. The van der Waals surface area contributed by atoms with Crippen molar-refractivity contribution >= 4 is 32.5 Å². The molecule has 0 spiro atoms. The lowest BCUT2D eigenvalue weighted by atomic mass is 10.00. The highest BCUT2D eigenvalue weighted by molar-refractivity contribution is 9.10. The van der Waals surface area contributed by atoms with E-state index in [2.05, 4.69) is 15.9 Å². The molecular weight excluding hydrogens is 331 g/mol. The molecule has 104 valence electrons. The molecule has 0 bridgehead atoms. The van der Waals surface area contributed by atoms with Gasteiger partial charge in [0.05, 0.1) is 0 Å². The molecule has 3 heteroatoms. The second-order valence-corrected chi connectivity index (χ2v) is 5.81. The van der Waals surface area contributed by atoms with Crippen LogP contribution in [0.1, 0.15) is 15.9 Å². The van der Waals surface area contributed by atoms with Crippen LogP contribution in [0.5, 0.6) is 0 Å². The highest BCUT2D eigenvalue weighted by Crippen LogP contribution is 2.19. The summed E-state index contributed by atoms with van der Waals surface area (Å²) in [5.74, 6) is -0.444. The molecular formula is C18H12BrFO. The molecule has 0 atom stereocenters. The van der Waals surface area contributed by atoms with Crippen LogP contribution in [0, 0.1) is 5.82 Å². The quantitative estimate of drug-likeness (QED) is 0.600. The van der Waals surface area contributed by atoms with Crippen LogP contribution < -0.4 is 0 Å². The molecule has 1 nitrogen and oxygen atoms in total. The minimum Gasteiger partial charge on any atom is -0.294 e. The third-order valence-corrected chi connectivity index (χ3v) is 3.93. The number of carbonyl (C=O) groups excluding carboxylic acids is 1. The van der Waals surface area contributed by atoms with E-state index in [0.29, 0.717) is 15.6 Å². The third kappa shape index (κ3) is 3.03. The predicted octanol–water partition coefficient (Wildman–Crippen LogP) is 5.17. The first kappa shape index (κ1) is 14.0. The van der Waals surface area contributed by atoms with E-state index in [4.69, 9.17) is 0 Å². The second-order valence-electron chi connectivity index (χ2n) is 4.90. The van der Waals surface area contributed by atoms with Gasteiger partial charge in [0.15, 0.2) is 5.78 Å². The average molecular weight is 343 g/mol. The van der Waals surface area contributed by atoms with E-state index in [1.54, 1.807) is 18.2 Å². The van der Waals surface area contributed by atoms with Crippen LogP contribution in [0.25, 0.3) is 10.8 Å². The van der Waals surface area contributed by atoms with E-state index >= 15 is 0 Å². The van der Waals surface area contributed by atoms with Crippen LogP contribution in [-0.4, -0.2) is 5.78 Å². The monoisotopic (exact) mass is 342 g/mol. The topological polar surface area (TPSA) is 17.1 Å². The Kier molecular flexibility index (Phi) is 3.84. The van der Waals surface area contributed by atoms with E-state index in [1.807, 2.05) is 36.4 Å². The Morgan fingerprint density at radius 3 is 2.48 bits per heavy atom. The number of hydrogen-bond acceptors (Lipinski definition) is 1. The van der Waals surface area contributed by atoms with Gasteiger partial charge >= 0.3 is 0 Å². The summed E-state index contributed by atoms with van der Waals surface area (Å²) in [7, 11) is 0. The zero-order valence-electron chi connectivity index (χ0n) is 11.1. The first-order valence-corrected chi connectivity index (χ1v) is 7.39. The summed E-state index contributed by atoms with van der Waals surface area (Å²) in [5.41, 5.74) is 1.02. The van der Waals surface area contributed by atoms with Gasteiger partial charge in [0.25, 0.3) is 0 Å². The lowest BCUT2D eigenvalue weighted by molar-refractivity contribution is 0.0992. The van der Waals surface area contributed by atoms with Crippen molar-refractivity contribution < 1.29 is 9.18 Å². The number of fused-ring (bicyclic) bond motifs is 1.